The van der Waals surface area contributed by atoms with Gasteiger partial charge in [-0.2, -0.15) is 5.10 Å². The van der Waals surface area contributed by atoms with E-state index in [1.807, 2.05) is 36.7 Å². The Balaban J connectivity index is 1.69. The number of rotatable bonds is 6. The zero-order chi connectivity index (χ0) is 19.4. The standard InChI is InChI=1S/C23H27N3O/c1-16-10-12-20(13-11-16)15-26-19(4)22(18(3)25-26)23(27)24-14-17(2)21-8-6-5-7-9-21/h5-13,17H,14-15H2,1-4H3,(H,24,27)/t17-/m1/s1. The monoisotopic (exact) mass is 361 g/mol. The number of benzene rings is 2. The van der Waals surface area contributed by atoms with E-state index in [4.69, 9.17) is 0 Å². The minimum atomic E-state index is -0.0528. The number of carbonyl (C=O) groups excluding carboxylic acids is 1. The average molecular weight is 361 g/mol. The van der Waals surface area contributed by atoms with Crippen molar-refractivity contribution in [3.63, 3.8) is 0 Å². The van der Waals surface area contributed by atoms with Gasteiger partial charge in [-0.3, -0.25) is 9.48 Å². The number of aryl methyl sites for hydroxylation is 2. The summed E-state index contributed by atoms with van der Waals surface area (Å²) in [5, 5.41) is 7.66. The van der Waals surface area contributed by atoms with Gasteiger partial charge < -0.3 is 5.32 Å². The number of carbonyl (C=O) groups is 1. The summed E-state index contributed by atoms with van der Waals surface area (Å²) in [7, 11) is 0. The molecule has 1 N–H and O–H groups in total. The quantitative estimate of drug-likeness (QED) is 0.708. The van der Waals surface area contributed by atoms with Crippen LogP contribution < -0.4 is 5.32 Å². The lowest BCUT2D eigenvalue weighted by molar-refractivity contribution is 0.0950. The molecule has 3 rings (SSSR count). The van der Waals surface area contributed by atoms with Crippen molar-refractivity contribution in [1.82, 2.24) is 15.1 Å². The van der Waals surface area contributed by atoms with Crippen LogP contribution in [0.5, 0.6) is 0 Å². The molecular formula is C23H27N3O. The number of amides is 1. The predicted octanol–water partition coefficient (Wildman–Crippen LogP) is 4.39. The van der Waals surface area contributed by atoms with Crippen molar-refractivity contribution in [2.75, 3.05) is 6.54 Å². The van der Waals surface area contributed by atoms with Crippen LogP contribution in [0.1, 0.15) is 51.3 Å². The van der Waals surface area contributed by atoms with Crippen LogP contribution in [0.25, 0.3) is 0 Å². The summed E-state index contributed by atoms with van der Waals surface area (Å²) < 4.78 is 1.91. The SMILES string of the molecule is Cc1ccc(Cn2nc(C)c(C(=O)NC[C@@H](C)c3ccccc3)c2C)cc1. The fourth-order valence-corrected chi connectivity index (χ4v) is 3.28. The number of aromatic nitrogens is 2. The molecule has 0 spiro atoms. The first-order valence-corrected chi connectivity index (χ1v) is 9.38. The molecule has 1 atom stereocenters. The van der Waals surface area contributed by atoms with E-state index in [1.54, 1.807) is 0 Å². The van der Waals surface area contributed by atoms with Gasteiger partial charge in [0.25, 0.3) is 5.91 Å². The molecule has 0 aliphatic rings. The molecule has 0 aliphatic carbocycles. The summed E-state index contributed by atoms with van der Waals surface area (Å²) in [6.45, 7) is 9.32. The third kappa shape index (κ3) is 4.45. The number of nitrogens with one attached hydrogen (secondary N) is 1. The van der Waals surface area contributed by atoms with Crippen LogP contribution in [0.15, 0.2) is 54.6 Å². The van der Waals surface area contributed by atoms with Gasteiger partial charge in [0.1, 0.15) is 0 Å². The van der Waals surface area contributed by atoms with Crippen molar-refractivity contribution in [1.29, 1.82) is 0 Å². The third-order valence-electron chi connectivity index (χ3n) is 5.00. The maximum atomic E-state index is 12.8. The second kappa shape index (κ2) is 8.21. The van der Waals surface area contributed by atoms with E-state index >= 15 is 0 Å². The van der Waals surface area contributed by atoms with Gasteiger partial charge in [-0.25, -0.2) is 0 Å². The highest BCUT2D eigenvalue weighted by atomic mass is 16.1. The molecule has 140 valence electrons. The summed E-state index contributed by atoms with van der Waals surface area (Å²) >= 11 is 0. The van der Waals surface area contributed by atoms with E-state index in [0.29, 0.717) is 18.7 Å². The van der Waals surface area contributed by atoms with Crippen molar-refractivity contribution in [2.24, 2.45) is 0 Å². The Morgan fingerprint density at radius 2 is 1.70 bits per heavy atom. The van der Waals surface area contributed by atoms with Gasteiger partial charge in [-0.15, -0.1) is 0 Å². The summed E-state index contributed by atoms with van der Waals surface area (Å²) in [6, 6.07) is 18.6. The molecule has 0 saturated heterocycles. The first kappa shape index (κ1) is 18.9. The fraction of sp³-hybridized carbons (Fsp3) is 0.304. The average Bonchev–Trinajstić information content (AvgIpc) is 2.95. The molecule has 2 aromatic carbocycles. The minimum Gasteiger partial charge on any atom is -0.351 e. The molecule has 0 fully saturated rings. The lowest BCUT2D eigenvalue weighted by Crippen LogP contribution is -2.28. The van der Waals surface area contributed by atoms with Crippen molar-refractivity contribution >= 4 is 5.91 Å². The Kier molecular flexibility index (Phi) is 5.75. The van der Waals surface area contributed by atoms with Gasteiger partial charge in [0.05, 0.1) is 17.8 Å². The highest BCUT2D eigenvalue weighted by Crippen LogP contribution is 2.17. The van der Waals surface area contributed by atoms with Crippen LogP contribution in [0, 0.1) is 20.8 Å². The third-order valence-corrected chi connectivity index (χ3v) is 5.00. The lowest BCUT2D eigenvalue weighted by atomic mass is 10.0. The van der Waals surface area contributed by atoms with Crippen LogP contribution in [0.2, 0.25) is 0 Å². The molecule has 3 aromatic rings. The van der Waals surface area contributed by atoms with Crippen molar-refractivity contribution in [3.05, 3.63) is 88.2 Å². The number of nitrogens with zero attached hydrogens (tertiary/aromatic N) is 2. The van der Waals surface area contributed by atoms with E-state index in [-0.39, 0.29) is 11.8 Å². The van der Waals surface area contributed by atoms with Gasteiger partial charge in [0.15, 0.2) is 0 Å². The Labute approximate surface area is 161 Å². The molecule has 27 heavy (non-hydrogen) atoms. The van der Waals surface area contributed by atoms with Gasteiger partial charge >= 0.3 is 0 Å². The zero-order valence-electron chi connectivity index (χ0n) is 16.5. The molecule has 4 heteroatoms. The Hall–Kier alpha value is -2.88. The predicted molar refractivity (Wildman–Crippen MR) is 109 cm³/mol. The summed E-state index contributed by atoms with van der Waals surface area (Å²) in [6.07, 6.45) is 0. The molecule has 0 bridgehead atoms. The highest BCUT2D eigenvalue weighted by molar-refractivity contribution is 5.96. The lowest BCUT2D eigenvalue weighted by Gasteiger charge is -2.13. The smallest absolute Gasteiger partial charge is 0.255 e. The van der Waals surface area contributed by atoms with Gasteiger partial charge in [-0.05, 0) is 37.8 Å². The van der Waals surface area contributed by atoms with Gasteiger partial charge in [-0.1, -0.05) is 67.1 Å². The van der Waals surface area contributed by atoms with E-state index < -0.39 is 0 Å². The Morgan fingerprint density at radius 1 is 1.04 bits per heavy atom. The fourth-order valence-electron chi connectivity index (χ4n) is 3.28. The summed E-state index contributed by atoms with van der Waals surface area (Å²) in [5.41, 5.74) is 5.99. The number of hydrogen-bond donors (Lipinski definition) is 1. The molecule has 1 aromatic heterocycles. The largest absolute Gasteiger partial charge is 0.351 e. The first-order valence-electron chi connectivity index (χ1n) is 9.38. The maximum absolute atomic E-state index is 12.8. The maximum Gasteiger partial charge on any atom is 0.255 e. The van der Waals surface area contributed by atoms with Gasteiger partial charge in [0.2, 0.25) is 0 Å². The molecule has 0 unspecified atom stereocenters. The van der Waals surface area contributed by atoms with E-state index in [1.165, 1.54) is 16.7 Å². The molecule has 1 amide bonds. The molecule has 0 radical (unpaired) electrons. The van der Waals surface area contributed by atoms with Crippen LogP contribution in [-0.2, 0) is 6.54 Å². The minimum absolute atomic E-state index is 0.0528. The molecular weight excluding hydrogens is 334 g/mol. The normalized spacial score (nSPS) is 12.0. The zero-order valence-corrected chi connectivity index (χ0v) is 16.5. The topological polar surface area (TPSA) is 46.9 Å². The van der Waals surface area contributed by atoms with Crippen molar-refractivity contribution in [2.45, 2.75) is 40.2 Å². The molecule has 1 heterocycles. The molecule has 4 nitrogen and oxygen atoms in total. The molecule has 0 aliphatic heterocycles. The Bertz CT molecular complexity index is 911. The van der Waals surface area contributed by atoms with E-state index in [2.05, 4.69) is 60.7 Å². The number of hydrogen-bond acceptors (Lipinski definition) is 2. The second-order valence-corrected chi connectivity index (χ2v) is 7.21. The summed E-state index contributed by atoms with van der Waals surface area (Å²) in [4.78, 5) is 12.8. The van der Waals surface area contributed by atoms with Crippen molar-refractivity contribution in [3.8, 4) is 0 Å². The highest BCUT2D eigenvalue weighted by Gasteiger charge is 2.19. The first-order chi connectivity index (χ1) is 13.0. The van der Waals surface area contributed by atoms with Crippen LogP contribution in [0.4, 0.5) is 0 Å². The van der Waals surface area contributed by atoms with E-state index in [0.717, 1.165) is 11.4 Å². The second-order valence-electron chi connectivity index (χ2n) is 7.21. The van der Waals surface area contributed by atoms with E-state index in [9.17, 15) is 4.79 Å². The van der Waals surface area contributed by atoms with Crippen LogP contribution in [0.3, 0.4) is 0 Å². The van der Waals surface area contributed by atoms with Crippen LogP contribution >= 0.6 is 0 Å². The van der Waals surface area contributed by atoms with Crippen LogP contribution in [-0.4, -0.2) is 22.2 Å². The molecule has 0 saturated carbocycles. The summed E-state index contributed by atoms with van der Waals surface area (Å²) in [5.74, 6) is 0.210. The van der Waals surface area contributed by atoms with Crippen molar-refractivity contribution < 1.29 is 4.79 Å². The van der Waals surface area contributed by atoms with Gasteiger partial charge in [0, 0.05) is 12.2 Å². The Morgan fingerprint density at radius 3 is 2.37 bits per heavy atom.